The van der Waals surface area contributed by atoms with Crippen molar-refractivity contribution in [2.24, 2.45) is 29.6 Å². The molecule has 0 saturated heterocycles. The van der Waals surface area contributed by atoms with E-state index in [1.807, 2.05) is 0 Å². The van der Waals surface area contributed by atoms with E-state index in [1.54, 1.807) is 19.3 Å². The summed E-state index contributed by atoms with van der Waals surface area (Å²) in [4.78, 5) is 0. The Morgan fingerprint density at radius 1 is 1.00 bits per heavy atom. The van der Waals surface area contributed by atoms with E-state index >= 15 is 0 Å². The molecule has 3 unspecified atom stereocenters. The molecule has 0 amide bonds. The summed E-state index contributed by atoms with van der Waals surface area (Å²) in [5.74, 6) is 5.97. The van der Waals surface area contributed by atoms with Gasteiger partial charge in [0.25, 0.3) is 0 Å². The van der Waals surface area contributed by atoms with Crippen molar-refractivity contribution in [2.75, 3.05) is 0 Å². The second kappa shape index (κ2) is 1.60. The van der Waals surface area contributed by atoms with Crippen molar-refractivity contribution in [3.05, 3.63) is 0 Å². The van der Waals surface area contributed by atoms with Crippen LogP contribution in [0.4, 0.5) is 0 Å². The van der Waals surface area contributed by atoms with Crippen LogP contribution in [0.5, 0.6) is 0 Å². The number of fused-ring (bicyclic) bond motifs is 1. The van der Waals surface area contributed by atoms with Crippen LogP contribution in [0.3, 0.4) is 0 Å². The SMILES string of the molecule is CCC1C2CC3CC(C2)C31. The zero-order valence-electron chi connectivity index (χ0n) is 6.72. The molecule has 3 rings (SSSR count). The van der Waals surface area contributed by atoms with Gasteiger partial charge < -0.3 is 0 Å². The van der Waals surface area contributed by atoms with Gasteiger partial charge in [-0.3, -0.25) is 0 Å². The van der Waals surface area contributed by atoms with Gasteiger partial charge in [0.15, 0.2) is 0 Å². The highest BCUT2D eigenvalue weighted by molar-refractivity contribution is 5.08. The lowest BCUT2D eigenvalue weighted by Gasteiger charge is -2.42. The predicted octanol–water partition coefficient (Wildman–Crippen LogP) is 2.69. The third-order valence-corrected chi connectivity index (χ3v) is 4.48. The molecule has 56 valence electrons. The molecule has 0 heteroatoms. The number of rotatable bonds is 1. The molecular formula is C10H16. The lowest BCUT2D eigenvalue weighted by molar-refractivity contribution is 0.0727. The maximum absolute atomic E-state index is 2.39. The molecular weight excluding hydrogens is 120 g/mol. The molecule has 0 radical (unpaired) electrons. The lowest BCUT2D eigenvalue weighted by atomic mass is 9.63. The van der Waals surface area contributed by atoms with E-state index in [0.29, 0.717) is 0 Å². The Morgan fingerprint density at radius 3 is 1.90 bits per heavy atom. The molecule has 0 spiro atoms. The largest absolute Gasteiger partial charge is 0.0651 e. The third kappa shape index (κ3) is 0.436. The monoisotopic (exact) mass is 136 g/mol. The van der Waals surface area contributed by atoms with Gasteiger partial charge in [0.05, 0.1) is 0 Å². The van der Waals surface area contributed by atoms with Crippen LogP contribution < -0.4 is 0 Å². The first-order chi connectivity index (χ1) is 4.90. The van der Waals surface area contributed by atoms with Crippen molar-refractivity contribution in [3.8, 4) is 0 Å². The molecule has 0 aromatic carbocycles. The van der Waals surface area contributed by atoms with Gasteiger partial charge in [0.2, 0.25) is 0 Å². The molecule has 0 aromatic heterocycles. The zero-order valence-corrected chi connectivity index (χ0v) is 6.72. The fraction of sp³-hybridized carbons (Fsp3) is 1.00. The molecule has 0 aromatic rings. The maximum Gasteiger partial charge on any atom is -0.0326 e. The van der Waals surface area contributed by atoms with E-state index < -0.39 is 0 Å². The van der Waals surface area contributed by atoms with Gasteiger partial charge in [-0.1, -0.05) is 13.3 Å². The summed E-state index contributed by atoms with van der Waals surface area (Å²) in [6.45, 7) is 2.39. The summed E-state index contributed by atoms with van der Waals surface area (Å²) < 4.78 is 0. The first-order valence-corrected chi connectivity index (χ1v) is 4.90. The van der Waals surface area contributed by atoms with Gasteiger partial charge in [0.1, 0.15) is 0 Å². The normalized spacial score (nSPS) is 62.7. The van der Waals surface area contributed by atoms with Gasteiger partial charge in [-0.05, 0) is 48.9 Å². The molecule has 3 fully saturated rings. The first kappa shape index (κ1) is 5.62. The van der Waals surface area contributed by atoms with Crippen molar-refractivity contribution in [1.29, 1.82) is 0 Å². The third-order valence-electron chi connectivity index (χ3n) is 4.48. The Labute approximate surface area is 63.0 Å². The van der Waals surface area contributed by atoms with Gasteiger partial charge in [-0.2, -0.15) is 0 Å². The second-order valence-corrected chi connectivity index (χ2v) is 4.64. The molecule has 0 nitrogen and oxygen atoms in total. The van der Waals surface area contributed by atoms with Crippen LogP contribution in [-0.4, -0.2) is 0 Å². The Balaban J connectivity index is 1.91. The van der Waals surface area contributed by atoms with Crippen molar-refractivity contribution in [2.45, 2.75) is 32.6 Å². The van der Waals surface area contributed by atoms with Crippen LogP contribution in [0, 0.1) is 29.6 Å². The smallest absolute Gasteiger partial charge is 0.0326 e. The summed E-state index contributed by atoms with van der Waals surface area (Å²) in [5.41, 5.74) is 0. The molecule has 2 bridgehead atoms. The van der Waals surface area contributed by atoms with Gasteiger partial charge >= 0.3 is 0 Å². The lowest BCUT2D eigenvalue weighted by Crippen LogP contribution is -2.34. The van der Waals surface area contributed by atoms with E-state index in [0.717, 1.165) is 0 Å². The Kier molecular flexibility index (Phi) is 0.898. The summed E-state index contributed by atoms with van der Waals surface area (Å²) in [7, 11) is 0. The van der Waals surface area contributed by atoms with Gasteiger partial charge in [-0.15, -0.1) is 0 Å². The quantitative estimate of drug-likeness (QED) is 0.520. The Morgan fingerprint density at radius 2 is 1.60 bits per heavy atom. The predicted molar refractivity (Wildman–Crippen MR) is 41.6 cm³/mol. The van der Waals surface area contributed by atoms with Crippen LogP contribution >= 0.6 is 0 Å². The molecule has 3 saturated carbocycles. The zero-order chi connectivity index (χ0) is 6.72. The van der Waals surface area contributed by atoms with Crippen molar-refractivity contribution >= 4 is 0 Å². The van der Waals surface area contributed by atoms with Crippen LogP contribution in [0.2, 0.25) is 0 Å². The topological polar surface area (TPSA) is 0 Å². The fourth-order valence-corrected chi connectivity index (χ4v) is 4.24. The van der Waals surface area contributed by atoms with Gasteiger partial charge in [0, 0.05) is 0 Å². The van der Waals surface area contributed by atoms with E-state index in [2.05, 4.69) is 6.92 Å². The molecule has 3 aliphatic rings. The summed E-state index contributed by atoms with van der Waals surface area (Å²) in [6.07, 6.45) is 6.30. The van der Waals surface area contributed by atoms with E-state index in [-0.39, 0.29) is 0 Å². The standard InChI is InChI=1S/C10H16/c1-2-9-6-3-7-5-8(4-6)10(7)9/h6-10H,2-5H2,1H3. The number of hydrogen-bond acceptors (Lipinski definition) is 0. The first-order valence-electron chi connectivity index (χ1n) is 4.90. The highest BCUT2D eigenvalue weighted by Crippen LogP contribution is 2.66. The van der Waals surface area contributed by atoms with Crippen molar-refractivity contribution < 1.29 is 0 Å². The van der Waals surface area contributed by atoms with E-state index in [9.17, 15) is 0 Å². The van der Waals surface area contributed by atoms with E-state index in [4.69, 9.17) is 0 Å². The average molecular weight is 136 g/mol. The minimum Gasteiger partial charge on any atom is -0.0651 e. The summed E-state index contributed by atoms with van der Waals surface area (Å²) in [6, 6.07) is 0. The highest BCUT2D eigenvalue weighted by Gasteiger charge is 2.58. The number of hydrogen-bond donors (Lipinski definition) is 0. The molecule has 0 aliphatic heterocycles. The molecule has 10 heavy (non-hydrogen) atoms. The second-order valence-electron chi connectivity index (χ2n) is 4.64. The van der Waals surface area contributed by atoms with Crippen molar-refractivity contribution in [3.63, 3.8) is 0 Å². The van der Waals surface area contributed by atoms with Gasteiger partial charge in [-0.25, -0.2) is 0 Å². The summed E-state index contributed by atoms with van der Waals surface area (Å²) >= 11 is 0. The molecule has 3 aliphatic carbocycles. The average Bonchev–Trinajstić information content (AvgIpc) is 2.37. The maximum atomic E-state index is 2.39. The van der Waals surface area contributed by atoms with Crippen LogP contribution in [0.15, 0.2) is 0 Å². The Hall–Kier alpha value is 0. The molecule has 0 N–H and O–H groups in total. The fourth-order valence-electron chi connectivity index (χ4n) is 4.24. The Bertz CT molecular complexity index is 149. The van der Waals surface area contributed by atoms with Crippen LogP contribution in [0.1, 0.15) is 32.6 Å². The minimum absolute atomic E-state index is 1.17. The summed E-state index contributed by atoms with van der Waals surface area (Å²) in [5, 5.41) is 0. The van der Waals surface area contributed by atoms with Crippen LogP contribution in [-0.2, 0) is 0 Å². The van der Waals surface area contributed by atoms with Crippen LogP contribution in [0.25, 0.3) is 0 Å². The van der Waals surface area contributed by atoms with E-state index in [1.165, 1.54) is 36.0 Å². The molecule has 3 atom stereocenters. The molecule has 0 heterocycles. The highest BCUT2D eigenvalue weighted by atomic mass is 14.6. The minimum atomic E-state index is 1.17. The van der Waals surface area contributed by atoms with Crippen molar-refractivity contribution in [1.82, 2.24) is 0 Å².